The number of nitrogens with one attached hydrogen (secondary N) is 1. The molecule has 0 aromatic rings. The van der Waals surface area contributed by atoms with Gasteiger partial charge in [-0.3, -0.25) is 9.59 Å². The van der Waals surface area contributed by atoms with Crippen LogP contribution in [0.1, 0.15) is 41.5 Å². The number of rotatable bonds is 3. The van der Waals surface area contributed by atoms with Crippen LogP contribution in [0.2, 0.25) is 0 Å². The number of hydrogen-bond donors (Lipinski definition) is 1. The fourth-order valence-electron chi connectivity index (χ4n) is 2.10. The first-order valence-corrected chi connectivity index (χ1v) is 7.88. The number of carbonyl (C=O) groups is 2. The molecule has 1 N–H and O–H groups in total. The monoisotopic (exact) mass is 286 g/mol. The fourth-order valence-corrected chi connectivity index (χ4v) is 2.37. The molecule has 1 saturated heterocycles. The van der Waals surface area contributed by atoms with Gasteiger partial charge in [0.25, 0.3) is 0 Å². The van der Waals surface area contributed by atoms with E-state index in [1.165, 1.54) is 0 Å². The molecule has 2 atom stereocenters. The minimum Gasteiger partial charge on any atom is -0.342 e. The summed E-state index contributed by atoms with van der Waals surface area (Å²) in [6.45, 7) is 12.5. The van der Waals surface area contributed by atoms with Gasteiger partial charge in [-0.2, -0.15) is 11.8 Å². The summed E-state index contributed by atoms with van der Waals surface area (Å²) in [7, 11) is 0. The second-order valence-corrected chi connectivity index (χ2v) is 8.43. The lowest BCUT2D eigenvalue weighted by Crippen LogP contribution is -2.67. The lowest BCUT2D eigenvalue weighted by atomic mass is 9.84. The first kappa shape index (κ1) is 16.3. The van der Waals surface area contributed by atoms with Crippen molar-refractivity contribution in [3.05, 3.63) is 0 Å². The smallest absolute Gasteiger partial charge is 0.246 e. The van der Waals surface area contributed by atoms with Crippen molar-refractivity contribution in [3.8, 4) is 0 Å². The van der Waals surface area contributed by atoms with Gasteiger partial charge in [-0.25, -0.2) is 0 Å². The second-order valence-electron chi connectivity index (χ2n) is 6.91. The summed E-state index contributed by atoms with van der Waals surface area (Å²) < 4.78 is -0.0516. The van der Waals surface area contributed by atoms with E-state index in [1.54, 1.807) is 23.6 Å². The number of thioether (sulfide) groups is 1. The first-order chi connectivity index (χ1) is 8.49. The molecular formula is C14H26N2O2S. The van der Waals surface area contributed by atoms with E-state index < -0.39 is 12.1 Å². The Labute approximate surface area is 120 Å². The van der Waals surface area contributed by atoms with Crippen molar-refractivity contribution in [1.29, 1.82) is 0 Å². The highest BCUT2D eigenvalue weighted by atomic mass is 32.2. The van der Waals surface area contributed by atoms with Crippen LogP contribution < -0.4 is 5.32 Å². The van der Waals surface area contributed by atoms with E-state index in [9.17, 15) is 9.59 Å². The number of carbonyl (C=O) groups excluding carboxylic acids is 2. The minimum absolute atomic E-state index is 0.0294. The Morgan fingerprint density at radius 1 is 1.21 bits per heavy atom. The van der Waals surface area contributed by atoms with Crippen LogP contribution in [-0.4, -0.2) is 46.3 Å². The third-order valence-electron chi connectivity index (χ3n) is 3.63. The molecule has 2 amide bonds. The van der Waals surface area contributed by atoms with Crippen molar-refractivity contribution >= 4 is 23.6 Å². The summed E-state index contributed by atoms with van der Waals surface area (Å²) in [5, 5.41) is 2.85. The maximum atomic E-state index is 12.6. The third kappa shape index (κ3) is 3.65. The van der Waals surface area contributed by atoms with Gasteiger partial charge in [0, 0.05) is 11.3 Å². The van der Waals surface area contributed by atoms with Crippen LogP contribution in [0.3, 0.4) is 0 Å². The molecule has 5 heteroatoms. The summed E-state index contributed by atoms with van der Waals surface area (Å²) >= 11 is 1.71. The molecule has 0 bridgehead atoms. The lowest BCUT2D eigenvalue weighted by Gasteiger charge is -2.44. The Bertz CT molecular complexity index is 374. The van der Waals surface area contributed by atoms with Crippen molar-refractivity contribution < 1.29 is 9.59 Å². The standard InChI is InChI=1S/C14H26N2O2S/c1-9-11(17)15-10(13(2,3)4)12(18)16(9)8-14(5,6)19-7/h9-10H,8H2,1-7H3,(H,15,17). The molecule has 1 fully saturated rings. The predicted molar refractivity (Wildman–Crippen MR) is 80.2 cm³/mol. The van der Waals surface area contributed by atoms with E-state index in [0.29, 0.717) is 6.54 Å². The van der Waals surface area contributed by atoms with Gasteiger partial charge in [-0.1, -0.05) is 20.8 Å². The average molecular weight is 286 g/mol. The largest absolute Gasteiger partial charge is 0.342 e. The number of hydrogen-bond acceptors (Lipinski definition) is 3. The maximum absolute atomic E-state index is 12.6. The van der Waals surface area contributed by atoms with Crippen LogP contribution >= 0.6 is 11.8 Å². The van der Waals surface area contributed by atoms with Crippen LogP contribution in [0, 0.1) is 5.41 Å². The molecule has 0 radical (unpaired) electrons. The molecule has 1 heterocycles. The number of nitrogens with zero attached hydrogens (tertiary/aromatic N) is 1. The van der Waals surface area contributed by atoms with E-state index >= 15 is 0 Å². The van der Waals surface area contributed by atoms with Gasteiger partial charge in [0.05, 0.1) is 0 Å². The normalized spacial score (nSPS) is 25.5. The van der Waals surface area contributed by atoms with Gasteiger partial charge in [0.15, 0.2) is 0 Å². The van der Waals surface area contributed by atoms with Gasteiger partial charge in [0.1, 0.15) is 12.1 Å². The number of amides is 2. The molecule has 1 aliphatic rings. The molecule has 19 heavy (non-hydrogen) atoms. The van der Waals surface area contributed by atoms with Crippen LogP contribution in [0.4, 0.5) is 0 Å². The Balaban J connectivity index is 3.00. The Kier molecular flexibility index (Phi) is 4.60. The van der Waals surface area contributed by atoms with E-state index in [1.807, 2.05) is 27.0 Å². The summed E-state index contributed by atoms with van der Waals surface area (Å²) in [5.74, 6) is -0.0295. The summed E-state index contributed by atoms with van der Waals surface area (Å²) in [5.41, 5.74) is -0.269. The SMILES string of the molecule is CSC(C)(C)CN1C(=O)C(C(C)(C)C)NC(=O)C1C. The molecular weight excluding hydrogens is 260 g/mol. The molecule has 0 aromatic heterocycles. The molecule has 1 aliphatic heterocycles. The Morgan fingerprint density at radius 2 is 1.74 bits per heavy atom. The predicted octanol–water partition coefficient (Wildman–Crippen LogP) is 1.89. The molecule has 0 spiro atoms. The summed E-state index contributed by atoms with van der Waals surface area (Å²) in [6, 6.07) is -0.827. The van der Waals surface area contributed by atoms with E-state index in [0.717, 1.165) is 0 Å². The molecule has 0 aromatic carbocycles. The fraction of sp³-hybridized carbons (Fsp3) is 0.857. The Morgan fingerprint density at radius 3 is 2.16 bits per heavy atom. The zero-order valence-electron chi connectivity index (χ0n) is 13.0. The summed E-state index contributed by atoms with van der Waals surface area (Å²) in [4.78, 5) is 26.4. The number of piperazine rings is 1. The highest BCUT2D eigenvalue weighted by molar-refractivity contribution is 7.99. The second kappa shape index (κ2) is 5.35. The first-order valence-electron chi connectivity index (χ1n) is 6.65. The van der Waals surface area contributed by atoms with Gasteiger partial charge in [0.2, 0.25) is 11.8 Å². The molecule has 2 unspecified atom stereocenters. The van der Waals surface area contributed by atoms with Crippen molar-refractivity contribution in [3.63, 3.8) is 0 Å². The van der Waals surface area contributed by atoms with Crippen molar-refractivity contribution in [1.82, 2.24) is 10.2 Å². The van der Waals surface area contributed by atoms with E-state index in [-0.39, 0.29) is 22.0 Å². The molecule has 1 rings (SSSR count). The minimum atomic E-state index is -0.436. The molecule has 0 saturated carbocycles. The molecule has 0 aliphatic carbocycles. The molecule has 110 valence electrons. The van der Waals surface area contributed by atoms with Crippen LogP contribution in [0.25, 0.3) is 0 Å². The lowest BCUT2D eigenvalue weighted by molar-refractivity contribution is -0.152. The van der Waals surface area contributed by atoms with Crippen molar-refractivity contribution in [2.24, 2.45) is 5.41 Å². The quantitative estimate of drug-likeness (QED) is 0.862. The molecule has 4 nitrogen and oxygen atoms in total. The van der Waals surface area contributed by atoms with Gasteiger partial charge in [-0.05, 0) is 32.4 Å². The van der Waals surface area contributed by atoms with E-state index in [4.69, 9.17) is 0 Å². The highest BCUT2D eigenvalue weighted by Crippen LogP contribution is 2.29. The highest BCUT2D eigenvalue weighted by Gasteiger charge is 2.44. The Hall–Kier alpha value is -0.710. The van der Waals surface area contributed by atoms with Crippen LogP contribution in [0.5, 0.6) is 0 Å². The summed E-state index contributed by atoms with van der Waals surface area (Å²) in [6.07, 6.45) is 2.03. The van der Waals surface area contributed by atoms with Gasteiger partial charge in [-0.15, -0.1) is 0 Å². The topological polar surface area (TPSA) is 49.4 Å². The van der Waals surface area contributed by atoms with Gasteiger partial charge >= 0.3 is 0 Å². The van der Waals surface area contributed by atoms with Gasteiger partial charge < -0.3 is 10.2 Å². The van der Waals surface area contributed by atoms with Crippen molar-refractivity contribution in [2.45, 2.75) is 58.4 Å². The van der Waals surface area contributed by atoms with Crippen molar-refractivity contribution in [2.75, 3.05) is 12.8 Å². The zero-order chi connectivity index (χ0) is 15.0. The van der Waals surface area contributed by atoms with E-state index in [2.05, 4.69) is 19.2 Å². The van der Waals surface area contributed by atoms with Crippen LogP contribution in [-0.2, 0) is 9.59 Å². The maximum Gasteiger partial charge on any atom is 0.246 e. The van der Waals surface area contributed by atoms with Crippen LogP contribution in [0.15, 0.2) is 0 Å². The average Bonchev–Trinajstić information content (AvgIpc) is 2.28. The zero-order valence-corrected chi connectivity index (χ0v) is 13.9. The third-order valence-corrected chi connectivity index (χ3v) is 4.87.